The van der Waals surface area contributed by atoms with Crippen LogP contribution in [0.25, 0.3) is 0 Å². The topological polar surface area (TPSA) is 84.9 Å². The van der Waals surface area contributed by atoms with E-state index in [4.69, 9.17) is 14.6 Å². The highest BCUT2D eigenvalue weighted by atomic mass is 16.7. The molecule has 94 valence electrons. The highest BCUT2D eigenvalue weighted by Crippen LogP contribution is 2.16. The number of carbonyl (C=O) groups is 2. The van der Waals surface area contributed by atoms with Gasteiger partial charge >= 0.3 is 5.97 Å². The van der Waals surface area contributed by atoms with Gasteiger partial charge in [-0.25, -0.2) is 4.79 Å². The van der Waals surface area contributed by atoms with Gasteiger partial charge in [0.15, 0.2) is 11.8 Å². The van der Waals surface area contributed by atoms with E-state index in [0.717, 1.165) is 0 Å². The smallest absolute Gasteiger partial charge is 0.334 e. The molecular weight excluding hydrogens is 214 g/mol. The molecule has 0 bridgehead atoms. The first-order valence-electron chi connectivity index (χ1n) is 5.13. The van der Waals surface area contributed by atoms with Crippen LogP contribution in [0.3, 0.4) is 0 Å². The minimum absolute atomic E-state index is 0.299. The molecule has 0 heterocycles. The van der Waals surface area contributed by atoms with E-state index in [1.165, 1.54) is 13.8 Å². The molecule has 0 radical (unpaired) electrons. The molecule has 0 spiro atoms. The number of carbonyl (C=O) groups excluding carboxylic acids is 1. The molecule has 0 rings (SSSR count). The van der Waals surface area contributed by atoms with E-state index in [1.807, 2.05) is 0 Å². The number of aliphatic carboxylic acids is 1. The first-order chi connectivity index (χ1) is 7.38. The fraction of sp³-hybridized carbons (Fsp3) is 0.800. The van der Waals surface area contributed by atoms with Crippen LogP contribution < -0.4 is 5.32 Å². The monoisotopic (exact) mass is 233 g/mol. The Kier molecular flexibility index (Phi) is 5.98. The maximum atomic E-state index is 11.2. The van der Waals surface area contributed by atoms with Crippen LogP contribution in [0.15, 0.2) is 0 Å². The zero-order chi connectivity index (χ0) is 12.8. The lowest BCUT2D eigenvalue weighted by molar-refractivity contribution is -0.196. The van der Waals surface area contributed by atoms with Gasteiger partial charge < -0.3 is 19.9 Å². The van der Waals surface area contributed by atoms with Crippen molar-refractivity contribution in [3.05, 3.63) is 0 Å². The number of carboxylic acids is 1. The number of hydrogen-bond donors (Lipinski definition) is 2. The van der Waals surface area contributed by atoms with Crippen LogP contribution in [-0.4, -0.2) is 42.0 Å². The minimum Gasteiger partial charge on any atom is -0.479 e. The van der Waals surface area contributed by atoms with Gasteiger partial charge in [-0.05, 0) is 20.8 Å². The first kappa shape index (κ1) is 14.9. The van der Waals surface area contributed by atoms with Crippen molar-refractivity contribution in [3.63, 3.8) is 0 Å². The van der Waals surface area contributed by atoms with Crippen LogP contribution in [-0.2, 0) is 19.1 Å². The molecule has 0 aromatic rings. The van der Waals surface area contributed by atoms with Crippen molar-refractivity contribution in [1.29, 1.82) is 0 Å². The van der Waals surface area contributed by atoms with Gasteiger partial charge in [0.2, 0.25) is 5.91 Å². The number of carboxylic acid groups (broad SMARTS) is 1. The van der Waals surface area contributed by atoms with Gasteiger partial charge in [-0.3, -0.25) is 4.79 Å². The van der Waals surface area contributed by atoms with Crippen LogP contribution in [0.1, 0.15) is 27.7 Å². The van der Waals surface area contributed by atoms with E-state index in [2.05, 4.69) is 5.32 Å². The molecule has 0 unspecified atom stereocenters. The summed E-state index contributed by atoms with van der Waals surface area (Å²) in [5.41, 5.74) is -1.59. The van der Waals surface area contributed by atoms with E-state index >= 15 is 0 Å². The maximum absolute atomic E-state index is 11.2. The van der Waals surface area contributed by atoms with E-state index in [9.17, 15) is 9.59 Å². The van der Waals surface area contributed by atoms with E-state index in [1.54, 1.807) is 13.8 Å². The molecule has 16 heavy (non-hydrogen) atoms. The fourth-order valence-electron chi connectivity index (χ4n) is 1.26. The van der Waals surface area contributed by atoms with Crippen LogP contribution >= 0.6 is 0 Å². The summed E-state index contributed by atoms with van der Waals surface area (Å²) in [5, 5.41) is 11.5. The maximum Gasteiger partial charge on any atom is 0.334 e. The third-order valence-electron chi connectivity index (χ3n) is 1.99. The summed E-state index contributed by atoms with van der Waals surface area (Å²) in [5.74, 6) is -1.65. The Morgan fingerprint density at radius 1 is 1.31 bits per heavy atom. The SMILES string of the molecule is CCOC(OCC)[C@@](C)(NC(C)=O)C(=O)O. The van der Waals surface area contributed by atoms with Gasteiger partial charge in [-0.15, -0.1) is 0 Å². The Labute approximate surface area is 94.9 Å². The van der Waals surface area contributed by atoms with Gasteiger partial charge in [-0.1, -0.05) is 0 Å². The molecule has 0 aliphatic rings. The van der Waals surface area contributed by atoms with Gasteiger partial charge in [-0.2, -0.15) is 0 Å². The summed E-state index contributed by atoms with van der Waals surface area (Å²) in [6.45, 7) is 6.65. The second-order valence-electron chi connectivity index (χ2n) is 3.43. The van der Waals surface area contributed by atoms with Crippen molar-refractivity contribution < 1.29 is 24.2 Å². The molecule has 0 aromatic heterocycles. The van der Waals surface area contributed by atoms with Crippen molar-refractivity contribution in [2.24, 2.45) is 0 Å². The number of ether oxygens (including phenoxy) is 2. The summed E-state index contributed by atoms with van der Waals surface area (Å²) in [7, 11) is 0. The van der Waals surface area contributed by atoms with Gasteiger partial charge in [0.25, 0.3) is 0 Å². The van der Waals surface area contributed by atoms with Crippen molar-refractivity contribution in [2.45, 2.75) is 39.5 Å². The van der Waals surface area contributed by atoms with E-state index < -0.39 is 23.7 Å². The molecule has 6 nitrogen and oxygen atoms in total. The predicted molar refractivity (Wildman–Crippen MR) is 56.9 cm³/mol. The molecule has 1 amide bonds. The average molecular weight is 233 g/mol. The number of nitrogens with one attached hydrogen (secondary N) is 1. The molecule has 0 fully saturated rings. The molecule has 0 aliphatic heterocycles. The third kappa shape index (κ3) is 3.79. The molecular formula is C10H19NO5. The predicted octanol–water partition coefficient (Wildman–Crippen LogP) is 0.365. The minimum atomic E-state index is -1.59. The fourth-order valence-corrected chi connectivity index (χ4v) is 1.26. The van der Waals surface area contributed by atoms with Crippen molar-refractivity contribution in [2.75, 3.05) is 13.2 Å². The van der Waals surface area contributed by atoms with Crippen molar-refractivity contribution >= 4 is 11.9 Å². The second-order valence-corrected chi connectivity index (χ2v) is 3.43. The quantitative estimate of drug-likeness (QED) is 0.620. The van der Waals surface area contributed by atoms with Gasteiger partial charge in [0, 0.05) is 20.1 Å². The van der Waals surface area contributed by atoms with Crippen LogP contribution in [0.5, 0.6) is 0 Å². The highest BCUT2D eigenvalue weighted by molar-refractivity contribution is 5.86. The average Bonchev–Trinajstić information content (AvgIpc) is 2.16. The van der Waals surface area contributed by atoms with Gasteiger partial charge in [0.05, 0.1) is 0 Å². The molecule has 1 atom stereocenters. The third-order valence-corrected chi connectivity index (χ3v) is 1.99. The second kappa shape index (κ2) is 6.44. The van der Waals surface area contributed by atoms with Crippen LogP contribution in [0.2, 0.25) is 0 Å². The highest BCUT2D eigenvalue weighted by Gasteiger charge is 2.44. The Morgan fingerprint density at radius 2 is 1.75 bits per heavy atom. The summed E-state index contributed by atoms with van der Waals surface area (Å²) < 4.78 is 10.4. The van der Waals surface area contributed by atoms with Gasteiger partial charge in [0.1, 0.15) is 0 Å². The Balaban J connectivity index is 4.94. The molecule has 2 N–H and O–H groups in total. The van der Waals surface area contributed by atoms with Crippen molar-refractivity contribution in [3.8, 4) is 0 Å². The number of rotatable bonds is 7. The van der Waals surface area contributed by atoms with Crippen LogP contribution in [0, 0.1) is 0 Å². The lowest BCUT2D eigenvalue weighted by atomic mass is 10.0. The Hall–Kier alpha value is -1.14. The summed E-state index contributed by atoms with van der Waals surface area (Å²) in [6.07, 6.45) is -1.01. The number of amides is 1. The largest absolute Gasteiger partial charge is 0.479 e. The Bertz CT molecular complexity index is 250. The zero-order valence-electron chi connectivity index (χ0n) is 10.1. The van der Waals surface area contributed by atoms with Crippen molar-refractivity contribution in [1.82, 2.24) is 5.32 Å². The molecule has 0 aliphatic carbocycles. The molecule has 6 heteroatoms. The lowest BCUT2D eigenvalue weighted by Gasteiger charge is -2.33. The lowest BCUT2D eigenvalue weighted by Crippen LogP contribution is -2.61. The Morgan fingerprint density at radius 3 is 2.00 bits per heavy atom. The summed E-state index contributed by atoms with van der Waals surface area (Å²) in [6, 6.07) is 0. The van der Waals surface area contributed by atoms with E-state index in [-0.39, 0.29) is 0 Å². The normalized spacial score (nSPS) is 14.6. The van der Waals surface area contributed by atoms with Crippen LogP contribution in [0.4, 0.5) is 0 Å². The zero-order valence-corrected chi connectivity index (χ0v) is 10.1. The molecule has 0 saturated heterocycles. The standard InChI is InChI=1S/C10H19NO5/c1-5-15-9(16-6-2)10(4,8(13)14)11-7(3)12/h9H,5-6H2,1-4H3,(H,11,12)(H,13,14)/t10-/m0/s1. The number of hydrogen-bond acceptors (Lipinski definition) is 4. The summed E-state index contributed by atoms with van der Waals surface area (Å²) in [4.78, 5) is 22.2. The summed E-state index contributed by atoms with van der Waals surface area (Å²) >= 11 is 0. The first-order valence-corrected chi connectivity index (χ1v) is 5.13. The van der Waals surface area contributed by atoms with E-state index in [0.29, 0.717) is 13.2 Å². The molecule has 0 aromatic carbocycles. The molecule has 0 saturated carbocycles.